The fraction of sp³-hybridized carbons (Fsp3) is 0.300. The maximum Gasteiger partial charge on any atom is 0.163 e. The molecular formula is C20H19BrO2. The summed E-state index contributed by atoms with van der Waals surface area (Å²) in [5.41, 5.74) is 1.80. The van der Waals surface area contributed by atoms with Gasteiger partial charge in [0.1, 0.15) is 5.78 Å². The van der Waals surface area contributed by atoms with Crippen LogP contribution in [0.1, 0.15) is 47.5 Å². The van der Waals surface area contributed by atoms with E-state index in [1.165, 1.54) is 0 Å². The summed E-state index contributed by atoms with van der Waals surface area (Å²) in [6, 6.07) is 17.4. The molecule has 2 aromatic rings. The predicted octanol–water partition coefficient (Wildman–Crippen LogP) is 5.17. The summed E-state index contributed by atoms with van der Waals surface area (Å²) in [6.45, 7) is 0. The van der Waals surface area contributed by atoms with Gasteiger partial charge >= 0.3 is 0 Å². The third-order valence-corrected chi connectivity index (χ3v) is 5.17. The van der Waals surface area contributed by atoms with Gasteiger partial charge < -0.3 is 0 Å². The standard InChI is InChI=1S/C20H19BrO2/c21-16-11-9-15(10-12-16)20(23)13-18(14-5-2-1-3-6-14)17-7-4-8-19(17)22/h1-3,5-6,9-12,17-18H,4,7-8,13H2/t17?,18-/m1/s1. The molecule has 3 rings (SSSR count). The first-order chi connectivity index (χ1) is 11.1. The summed E-state index contributed by atoms with van der Waals surface area (Å²) in [5, 5.41) is 0. The minimum Gasteiger partial charge on any atom is -0.299 e. The lowest BCUT2D eigenvalue weighted by molar-refractivity contribution is -0.121. The highest BCUT2D eigenvalue weighted by Gasteiger charge is 2.34. The second-order valence-electron chi connectivity index (χ2n) is 6.12. The molecule has 2 atom stereocenters. The zero-order valence-corrected chi connectivity index (χ0v) is 14.5. The van der Waals surface area contributed by atoms with Crippen LogP contribution in [0.15, 0.2) is 59.1 Å². The molecule has 1 aliphatic rings. The molecule has 1 aliphatic carbocycles. The van der Waals surface area contributed by atoms with E-state index >= 15 is 0 Å². The molecule has 1 saturated carbocycles. The van der Waals surface area contributed by atoms with Crippen LogP contribution in [0.4, 0.5) is 0 Å². The quantitative estimate of drug-likeness (QED) is 0.679. The largest absolute Gasteiger partial charge is 0.299 e. The smallest absolute Gasteiger partial charge is 0.163 e. The van der Waals surface area contributed by atoms with Crippen molar-refractivity contribution in [1.82, 2.24) is 0 Å². The molecule has 0 saturated heterocycles. The maximum absolute atomic E-state index is 12.7. The Bertz CT molecular complexity index is 691. The van der Waals surface area contributed by atoms with Crippen LogP contribution in [0.25, 0.3) is 0 Å². The lowest BCUT2D eigenvalue weighted by Gasteiger charge is -2.22. The lowest BCUT2D eigenvalue weighted by atomic mass is 9.80. The predicted molar refractivity (Wildman–Crippen MR) is 94.6 cm³/mol. The lowest BCUT2D eigenvalue weighted by Crippen LogP contribution is -2.20. The normalized spacial score (nSPS) is 18.8. The SMILES string of the molecule is O=C(C[C@H](c1ccccc1)C1CCCC1=O)c1ccc(Br)cc1. The second-order valence-corrected chi connectivity index (χ2v) is 7.03. The van der Waals surface area contributed by atoms with Crippen molar-refractivity contribution in [2.24, 2.45) is 5.92 Å². The number of halogens is 1. The van der Waals surface area contributed by atoms with Gasteiger partial charge in [0.15, 0.2) is 5.78 Å². The van der Waals surface area contributed by atoms with Crippen molar-refractivity contribution < 1.29 is 9.59 Å². The molecule has 1 fully saturated rings. The summed E-state index contributed by atoms with van der Waals surface area (Å²) in [6.07, 6.45) is 2.88. The Hall–Kier alpha value is -1.74. The van der Waals surface area contributed by atoms with Gasteiger partial charge in [0.25, 0.3) is 0 Å². The molecule has 23 heavy (non-hydrogen) atoms. The van der Waals surface area contributed by atoms with Crippen LogP contribution in [-0.4, -0.2) is 11.6 Å². The Labute approximate surface area is 145 Å². The van der Waals surface area contributed by atoms with Crippen LogP contribution in [0.2, 0.25) is 0 Å². The summed E-state index contributed by atoms with van der Waals surface area (Å²) in [4.78, 5) is 24.9. The number of carbonyl (C=O) groups excluding carboxylic acids is 2. The number of hydrogen-bond donors (Lipinski definition) is 0. The van der Waals surface area contributed by atoms with Crippen LogP contribution in [0, 0.1) is 5.92 Å². The number of hydrogen-bond acceptors (Lipinski definition) is 2. The van der Waals surface area contributed by atoms with E-state index in [1.54, 1.807) is 0 Å². The van der Waals surface area contributed by atoms with Crippen molar-refractivity contribution in [2.75, 3.05) is 0 Å². The van der Waals surface area contributed by atoms with Gasteiger partial charge in [0.2, 0.25) is 0 Å². The van der Waals surface area contributed by atoms with E-state index in [1.807, 2.05) is 54.6 Å². The summed E-state index contributed by atoms with van der Waals surface area (Å²) >= 11 is 3.39. The van der Waals surface area contributed by atoms with Crippen LogP contribution in [0.5, 0.6) is 0 Å². The molecule has 0 N–H and O–H groups in total. The van der Waals surface area contributed by atoms with E-state index < -0.39 is 0 Å². The molecule has 2 nitrogen and oxygen atoms in total. The first-order valence-corrected chi connectivity index (χ1v) is 8.81. The number of carbonyl (C=O) groups is 2. The third-order valence-electron chi connectivity index (χ3n) is 4.64. The first kappa shape index (κ1) is 16.1. The van der Waals surface area contributed by atoms with Gasteiger partial charge in [-0.15, -0.1) is 0 Å². The van der Waals surface area contributed by atoms with E-state index in [2.05, 4.69) is 15.9 Å². The van der Waals surface area contributed by atoms with Crippen LogP contribution < -0.4 is 0 Å². The molecule has 0 spiro atoms. The van der Waals surface area contributed by atoms with Crippen LogP contribution >= 0.6 is 15.9 Å². The van der Waals surface area contributed by atoms with Crippen molar-refractivity contribution in [1.29, 1.82) is 0 Å². The summed E-state index contributed by atoms with van der Waals surface area (Å²) in [5.74, 6) is 0.382. The van der Waals surface area contributed by atoms with E-state index in [0.29, 0.717) is 24.2 Å². The average Bonchev–Trinajstić information content (AvgIpc) is 2.99. The van der Waals surface area contributed by atoms with Gasteiger partial charge in [-0.2, -0.15) is 0 Å². The van der Waals surface area contributed by atoms with E-state index in [4.69, 9.17) is 0 Å². The molecule has 2 aromatic carbocycles. The number of rotatable bonds is 5. The van der Waals surface area contributed by atoms with Crippen molar-refractivity contribution in [3.05, 3.63) is 70.2 Å². The molecule has 118 valence electrons. The van der Waals surface area contributed by atoms with Crippen molar-refractivity contribution >= 4 is 27.5 Å². The summed E-state index contributed by atoms with van der Waals surface area (Å²) in [7, 11) is 0. The van der Waals surface area contributed by atoms with Gasteiger partial charge in [-0.1, -0.05) is 58.4 Å². The maximum atomic E-state index is 12.7. The van der Waals surface area contributed by atoms with Gasteiger partial charge in [-0.3, -0.25) is 9.59 Å². The Kier molecular flexibility index (Phi) is 5.06. The fourth-order valence-corrected chi connectivity index (χ4v) is 3.68. The van der Waals surface area contributed by atoms with Gasteiger partial charge in [0.05, 0.1) is 0 Å². The monoisotopic (exact) mass is 370 g/mol. The highest BCUT2D eigenvalue weighted by Crippen LogP contribution is 2.38. The molecular weight excluding hydrogens is 352 g/mol. The first-order valence-electron chi connectivity index (χ1n) is 8.01. The Morgan fingerprint density at radius 3 is 2.39 bits per heavy atom. The third kappa shape index (κ3) is 3.78. The van der Waals surface area contributed by atoms with Crippen LogP contribution in [0.3, 0.4) is 0 Å². The van der Waals surface area contributed by atoms with E-state index in [0.717, 1.165) is 22.9 Å². The molecule has 0 amide bonds. The number of benzene rings is 2. The highest BCUT2D eigenvalue weighted by molar-refractivity contribution is 9.10. The van der Waals surface area contributed by atoms with Gasteiger partial charge in [0, 0.05) is 34.7 Å². The van der Waals surface area contributed by atoms with Gasteiger partial charge in [-0.05, 0) is 30.5 Å². The zero-order valence-electron chi connectivity index (χ0n) is 12.9. The topological polar surface area (TPSA) is 34.1 Å². The van der Waals surface area contributed by atoms with E-state index in [9.17, 15) is 9.59 Å². The fourth-order valence-electron chi connectivity index (χ4n) is 3.41. The Balaban J connectivity index is 1.85. The molecule has 3 heteroatoms. The van der Waals surface area contributed by atoms with Crippen LogP contribution in [-0.2, 0) is 4.79 Å². The second kappa shape index (κ2) is 7.22. The molecule has 1 unspecified atom stereocenters. The van der Waals surface area contributed by atoms with Crippen molar-refractivity contribution in [3.8, 4) is 0 Å². The van der Waals surface area contributed by atoms with Crippen molar-refractivity contribution in [2.45, 2.75) is 31.6 Å². The molecule has 0 aromatic heterocycles. The molecule has 0 radical (unpaired) electrons. The molecule has 0 bridgehead atoms. The van der Waals surface area contributed by atoms with E-state index in [-0.39, 0.29) is 17.6 Å². The molecule has 0 aliphatic heterocycles. The minimum absolute atomic E-state index is 0.0117. The zero-order chi connectivity index (χ0) is 16.2. The minimum atomic E-state index is -0.0169. The Morgan fingerprint density at radius 2 is 1.78 bits per heavy atom. The summed E-state index contributed by atoms with van der Waals surface area (Å²) < 4.78 is 0.958. The number of Topliss-reactive ketones (excluding diaryl/α,β-unsaturated/α-hetero) is 2. The van der Waals surface area contributed by atoms with Crippen molar-refractivity contribution in [3.63, 3.8) is 0 Å². The molecule has 0 heterocycles. The highest BCUT2D eigenvalue weighted by atomic mass is 79.9. The number of ketones is 2. The Morgan fingerprint density at radius 1 is 1.09 bits per heavy atom. The average molecular weight is 371 g/mol. The van der Waals surface area contributed by atoms with Gasteiger partial charge in [-0.25, -0.2) is 0 Å².